The number of nitrogens with zero attached hydrogens (tertiary/aromatic N) is 2. The van der Waals surface area contributed by atoms with Gasteiger partial charge in [-0.2, -0.15) is 0 Å². The average Bonchev–Trinajstić information content (AvgIpc) is 2.14. The number of hydrogen-bond donors (Lipinski definition) is 2. The van der Waals surface area contributed by atoms with Gasteiger partial charge in [-0.3, -0.25) is 14.2 Å². The van der Waals surface area contributed by atoms with Crippen LogP contribution in [0.2, 0.25) is 0 Å². The molecule has 0 unspecified atom stereocenters. The third-order valence-corrected chi connectivity index (χ3v) is 1.94. The molecule has 0 saturated heterocycles. The smallest absolute Gasteiger partial charge is 0.330 e. The Balaban J connectivity index is 3.22. The number of aryl methyl sites for hydroxylation is 1. The Morgan fingerprint density at radius 2 is 2.07 bits per heavy atom. The van der Waals surface area contributed by atoms with E-state index in [-0.39, 0.29) is 18.7 Å². The number of amides is 1. The summed E-state index contributed by atoms with van der Waals surface area (Å²) in [6.07, 6.45) is 1.17. The van der Waals surface area contributed by atoms with Crippen molar-refractivity contribution in [2.75, 3.05) is 5.73 Å². The Bertz CT molecular complexity index is 465. The maximum Gasteiger partial charge on any atom is 0.330 e. The summed E-state index contributed by atoms with van der Waals surface area (Å²) in [4.78, 5) is 33.4. The van der Waals surface area contributed by atoms with Gasteiger partial charge in [0.1, 0.15) is 5.69 Å². The van der Waals surface area contributed by atoms with Crippen molar-refractivity contribution in [3.63, 3.8) is 0 Å². The predicted molar refractivity (Wildman–Crippen MR) is 54.2 cm³/mol. The molecule has 1 aromatic rings. The Morgan fingerprint density at radius 3 is 2.60 bits per heavy atom. The third kappa shape index (κ3) is 2.25. The highest BCUT2D eigenvalue weighted by Crippen LogP contribution is 1.88. The first kappa shape index (κ1) is 11.0. The van der Waals surface area contributed by atoms with Crippen molar-refractivity contribution in [2.24, 2.45) is 12.8 Å². The van der Waals surface area contributed by atoms with Crippen LogP contribution in [0.5, 0.6) is 0 Å². The summed E-state index contributed by atoms with van der Waals surface area (Å²) in [5.41, 5.74) is 9.15. The quantitative estimate of drug-likeness (QED) is 0.603. The fourth-order valence-electron chi connectivity index (χ4n) is 1.17. The van der Waals surface area contributed by atoms with Crippen LogP contribution in [0.15, 0.2) is 15.8 Å². The fourth-order valence-corrected chi connectivity index (χ4v) is 1.17. The molecule has 7 heteroatoms. The Labute approximate surface area is 84.9 Å². The number of rotatable bonds is 3. The van der Waals surface area contributed by atoms with E-state index in [0.29, 0.717) is 0 Å². The zero-order valence-corrected chi connectivity index (χ0v) is 8.27. The van der Waals surface area contributed by atoms with E-state index in [0.717, 1.165) is 4.57 Å². The van der Waals surface area contributed by atoms with Gasteiger partial charge in [-0.1, -0.05) is 0 Å². The molecule has 1 rings (SSSR count). The van der Waals surface area contributed by atoms with Gasteiger partial charge < -0.3 is 16.0 Å². The van der Waals surface area contributed by atoms with Crippen LogP contribution >= 0.6 is 0 Å². The maximum absolute atomic E-state index is 11.5. The molecular formula is C8H12N4O3. The van der Waals surface area contributed by atoms with Crippen molar-refractivity contribution in [1.29, 1.82) is 0 Å². The van der Waals surface area contributed by atoms with Crippen LogP contribution < -0.4 is 22.7 Å². The van der Waals surface area contributed by atoms with Crippen molar-refractivity contribution in [2.45, 2.75) is 13.0 Å². The lowest BCUT2D eigenvalue weighted by Gasteiger charge is -2.06. The molecular weight excluding hydrogens is 200 g/mol. The molecule has 0 radical (unpaired) electrons. The van der Waals surface area contributed by atoms with E-state index in [1.807, 2.05) is 0 Å². The first-order valence-electron chi connectivity index (χ1n) is 4.27. The van der Waals surface area contributed by atoms with Gasteiger partial charge in [-0.05, 0) is 0 Å². The van der Waals surface area contributed by atoms with E-state index in [9.17, 15) is 14.4 Å². The summed E-state index contributed by atoms with van der Waals surface area (Å²) in [6.45, 7) is -0.0497. The van der Waals surface area contributed by atoms with Gasteiger partial charge >= 0.3 is 5.69 Å². The summed E-state index contributed by atoms with van der Waals surface area (Å²) in [7, 11) is 1.47. The van der Waals surface area contributed by atoms with Crippen LogP contribution in [0, 0.1) is 0 Å². The second-order valence-corrected chi connectivity index (χ2v) is 3.15. The lowest BCUT2D eigenvalue weighted by molar-refractivity contribution is -0.118. The van der Waals surface area contributed by atoms with E-state index < -0.39 is 17.2 Å². The summed E-state index contributed by atoms with van der Waals surface area (Å²) in [5.74, 6) is -0.577. The number of hydrogen-bond acceptors (Lipinski definition) is 4. The highest BCUT2D eigenvalue weighted by molar-refractivity contribution is 5.73. The van der Waals surface area contributed by atoms with Crippen LogP contribution in [0.1, 0.15) is 6.42 Å². The van der Waals surface area contributed by atoms with Crippen LogP contribution in [0.25, 0.3) is 0 Å². The number of carbonyl (C=O) groups excluding carboxylic acids is 1. The molecule has 4 N–H and O–H groups in total. The van der Waals surface area contributed by atoms with E-state index in [1.54, 1.807) is 0 Å². The van der Waals surface area contributed by atoms with Gasteiger partial charge in [0.05, 0.1) is 0 Å². The molecule has 0 atom stereocenters. The molecule has 0 aliphatic rings. The van der Waals surface area contributed by atoms with Crippen molar-refractivity contribution in [3.05, 3.63) is 27.0 Å². The summed E-state index contributed by atoms with van der Waals surface area (Å²) < 4.78 is 2.07. The van der Waals surface area contributed by atoms with Crippen molar-refractivity contribution < 1.29 is 4.79 Å². The Kier molecular flexibility index (Phi) is 2.93. The molecule has 0 aliphatic carbocycles. The molecule has 0 bridgehead atoms. The molecule has 0 saturated carbocycles. The second kappa shape index (κ2) is 3.99. The monoisotopic (exact) mass is 212 g/mol. The molecule has 1 aromatic heterocycles. The van der Waals surface area contributed by atoms with Gasteiger partial charge in [0, 0.05) is 26.2 Å². The van der Waals surface area contributed by atoms with E-state index in [4.69, 9.17) is 11.5 Å². The van der Waals surface area contributed by atoms with Gasteiger partial charge in [-0.15, -0.1) is 0 Å². The van der Waals surface area contributed by atoms with Crippen LogP contribution in [-0.4, -0.2) is 15.0 Å². The number of nitrogen functional groups attached to an aromatic ring is 1. The third-order valence-electron chi connectivity index (χ3n) is 1.94. The molecule has 15 heavy (non-hydrogen) atoms. The summed E-state index contributed by atoms with van der Waals surface area (Å²) in [6, 6.07) is 0. The van der Waals surface area contributed by atoms with Crippen LogP contribution in [0.3, 0.4) is 0 Å². The van der Waals surface area contributed by atoms with Gasteiger partial charge in [-0.25, -0.2) is 4.79 Å². The number of carbonyl (C=O) groups is 1. The number of primary amides is 1. The van der Waals surface area contributed by atoms with Gasteiger partial charge in [0.15, 0.2) is 0 Å². The highest BCUT2D eigenvalue weighted by atomic mass is 16.2. The Hall–Kier alpha value is -2.05. The average molecular weight is 212 g/mol. The first-order chi connectivity index (χ1) is 6.93. The van der Waals surface area contributed by atoms with Crippen LogP contribution in [-0.2, 0) is 18.4 Å². The summed E-state index contributed by atoms with van der Waals surface area (Å²) >= 11 is 0. The maximum atomic E-state index is 11.5. The van der Waals surface area contributed by atoms with E-state index >= 15 is 0 Å². The normalized spacial score (nSPS) is 10.2. The van der Waals surface area contributed by atoms with E-state index in [1.165, 1.54) is 17.8 Å². The largest absolute Gasteiger partial charge is 0.393 e. The first-order valence-corrected chi connectivity index (χ1v) is 4.27. The van der Waals surface area contributed by atoms with Crippen LogP contribution in [0.4, 0.5) is 5.69 Å². The molecule has 0 aromatic carbocycles. The zero-order chi connectivity index (χ0) is 11.6. The standard InChI is InChI=1S/C8H12N4O3/c1-11-4-5(9)7(14)12(8(11)15)3-2-6(10)13/h4H,2-3,9H2,1H3,(H2,10,13). The molecule has 7 nitrogen and oxygen atoms in total. The molecule has 82 valence electrons. The summed E-state index contributed by atoms with van der Waals surface area (Å²) in [5, 5.41) is 0. The topological polar surface area (TPSA) is 113 Å². The minimum absolute atomic E-state index is 0.0402. The van der Waals surface area contributed by atoms with Gasteiger partial charge in [0.2, 0.25) is 5.91 Å². The molecule has 0 spiro atoms. The minimum Gasteiger partial charge on any atom is -0.393 e. The van der Waals surface area contributed by atoms with Crippen molar-refractivity contribution >= 4 is 11.6 Å². The van der Waals surface area contributed by atoms with Gasteiger partial charge in [0.25, 0.3) is 5.56 Å². The Morgan fingerprint density at radius 1 is 1.47 bits per heavy atom. The SMILES string of the molecule is Cn1cc(N)c(=O)n(CCC(N)=O)c1=O. The number of anilines is 1. The van der Waals surface area contributed by atoms with E-state index in [2.05, 4.69) is 0 Å². The minimum atomic E-state index is -0.598. The lowest BCUT2D eigenvalue weighted by atomic mass is 10.4. The molecule has 1 amide bonds. The number of aromatic nitrogens is 2. The zero-order valence-electron chi connectivity index (χ0n) is 8.27. The second-order valence-electron chi connectivity index (χ2n) is 3.15. The number of nitrogens with two attached hydrogens (primary N) is 2. The van der Waals surface area contributed by atoms with Crippen molar-refractivity contribution in [3.8, 4) is 0 Å². The molecule has 0 fully saturated rings. The van der Waals surface area contributed by atoms with Crippen molar-refractivity contribution in [1.82, 2.24) is 9.13 Å². The lowest BCUT2D eigenvalue weighted by Crippen LogP contribution is -2.40. The predicted octanol–water partition coefficient (Wildman–Crippen LogP) is -2.00. The fraction of sp³-hybridized carbons (Fsp3) is 0.375. The highest BCUT2D eigenvalue weighted by Gasteiger charge is 2.07. The molecule has 0 aliphatic heterocycles. The molecule has 1 heterocycles.